The highest BCUT2D eigenvalue weighted by molar-refractivity contribution is 6.00. The number of rotatable bonds is 5. The zero-order valence-corrected chi connectivity index (χ0v) is 13.5. The largest absolute Gasteiger partial charge is 0.466 e. The lowest BCUT2D eigenvalue weighted by Crippen LogP contribution is -2.61. The van der Waals surface area contributed by atoms with Gasteiger partial charge in [0.1, 0.15) is 0 Å². The van der Waals surface area contributed by atoms with Crippen LogP contribution in [0.15, 0.2) is 24.0 Å². The van der Waals surface area contributed by atoms with Crippen LogP contribution in [0, 0.1) is 17.8 Å². The minimum Gasteiger partial charge on any atom is -0.466 e. The number of hydrogen-bond donors (Lipinski definition) is 0. The van der Waals surface area contributed by atoms with Crippen LogP contribution in [-0.4, -0.2) is 44.8 Å². The molecule has 1 saturated carbocycles. The highest BCUT2D eigenvalue weighted by atomic mass is 16.7. The Labute approximate surface area is 134 Å². The molecule has 0 unspecified atom stereocenters. The second-order valence-electron chi connectivity index (χ2n) is 5.47. The predicted molar refractivity (Wildman–Crippen MR) is 77.8 cm³/mol. The molecule has 0 saturated heterocycles. The van der Waals surface area contributed by atoms with Crippen molar-refractivity contribution in [3.63, 3.8) is 0 Å². The molecule has 0 heterocycles. The molecular weight excluding hydrogens is 304 g/mol. The molecule has 7 heteroatoms. The van der Waals surface area contributed by atoms with E-state index < -0.39 is 29.6 Å². The summed E-state index contributed by atoms with van der Waals surface area (Å²) in [5.41, 5.74) is 0.373. The highest BCUT2D eigenvalue weighted by Gasteiger charge is 2.60. The van der Waals surface area contributed by atoms with Crippen molar-refractivity contribution in [1.29, 1.82) is 0 Å². The van der Waals surface area contributed by atoms with Crippen molar-refractivity contribution in [2.45, 2.75) is 19.1 Å². The van der Waals surface area contributed by atoms with Crippen LogP contribution < -0.4 is 0 Å². The smallest absolute Gasteiger partial charge is 0.333 e. The van der Waals surface area contributed by atoms with Gasteiger partial charge in [-0.25, -0.2) is 4.79 Å². The van der Waals surface area contributed by atoms with Gasteiger partial charge in [-0.15, -0.1) is 0 Å². The number of Topliss-reactive ketones (excluding diaryl/α,β-unsaturated/α-hetero) is 1. The first-order valence-electron chi connectivity index (χ1n) is 7.19. The Bertz CT molecular complexity index is 571. The summed E-state index contributed by atoms with van der Waals surface area (Å²) in [6, 6.07) is 0. The van der Waals surface area contributed by atoms with Crippen molar-refractivity contribution in [2.24, 2.45) is 17.8 Å². The van der Waals surface area contributed by atoms with E-state index in [4.69, 9.17) is 18.9 Å². The number of carbonyl (C=O) groups excluding carboxylic acids is 3. The van der Waals surface area contributed by atoms with Gasteiger partial charge in [0.05, 0.1) is 19.3 Å². The lowest BCUT2D eigenvalue weighted by atomic mass is 9.61. The van der Waals surface area contributed by atoms with Gasteiger partial charge in [-0.2, -0.15) is 0 Å². The maximum Gasteiger partial charge on any atom is 0.333 e. The number of allylic oxidation sites excluding steroid dienone is 2. The molecule has 1 fully saturated rings. The monoisotopic (exact) mass is 324 g/mol. The van der Waals surface area contributed by atoms with Gasteiger partial charge in [0, 0.05) is 32.6 Å². The Morgan fingerprint density at radius 1 is 1.26 bits per heavy atom. The molecule has 0 aromatic rings. The third-order valence-electron chi connectivity index (χ3n) is 4.40. The summed E-state index contributed by atoms with van der Waals surface area (Å²) in [4.78, 5) is 35.6. The number of ketones is 1. The van der Waals surface area contributed by atoms with Crippen LogP contribution >= 0.6 is 0 Å². The van der Waals surface area contributed by atoms with E-state index in [9.17, 15) is 14.4 Å². The maximum atomic E-state index is 12.7. The second-order valence-corrected chi connectivity index (χ2v) is 5.47. The second kappa shape index (κ2) is 6.64. The van der Waals surface area contributed by atoms with Crippen LogP contribution in [0.4, 0.5) is 0 Å². The maximum absolute atomic E-state index is 12.7. The molecule has 0 aromatic carbocycles. The molecule has 3 aliphatic rings. The first kappa shape index (κ1) is 17.4. The van der Waals surface area contributed by atoms with Gasteiger partial charge >= 0.3 is 11.9 Å². The van der Waals surface area contributed by atoms with Crippen molar-refractivity contribution >= 4 is 17.7 Å². The average molecular weight is 324 g/mol. The quantitative estimate of drug-likeness (QED) is 0.423. The molecule has 0 N–H and O–H groups in total. The number of hydrogen-bond acceptors (Lipinski definition) is 7. The van der Waals surface area contributed by atoms with Crippen molar-refractivity contribution in [3.05, 3.63) is 24.0 Å². The summed E-state index contributed by atoms with van der Waals surface area (Å²) >= 11 is 0. The molecule has 3 aliphatic carbocycles. The topological polar surface area (TPSA) is 88.1 Å². The van der Waals surface area contributed by atoms with Crippen LogP contribution in [0.25, 0.3) is 0 Å². The summed E-state index contributed by atoms with van der Waals surface area (Å²) in [7, 11) is 4.04. The Kier molecular flexibility index (Phi) is 5.01. The number of methoxy groups -OCH3 is 3. The van der Waals surface area contributed by atoms with Crippen molar-refractivity contribution in [2.75, 3.05) is 21.3 Å². The minimum absolute atomic E-state index is 0.210. The minimum atomic E-state index is -1.49. The van der Waals surface area contributed by atoms with E-state index in [2.05, 4.69) is 0 Å². The van der Waals surface area contributed by atoms with E-state index in [0.717, 1.165) is 0 Å². The highest BCUT2D eigenvalue weighted by Crippen LogP contribution is 2.50. The van der Waals surface area contributed by atoms with Crippen LogP contribution in [-0.2, 0) is 33.3 Å². The van der Waals surface area contributed by atoms with E-state index >= 15 is 0 Å². The van der Waals surface area contributed by atoms with Crippen molar-refractivity contribution in [1.82, 2.24) is 0 Å². The normalized spacial score (nSPS) is 28.6. The molecular formula is C16H20O7. The van der Waals surface area contributed by atoms with E-state index in [0.29, 0.717) is 12.0 Å². The third-order valence-corrected chi connectivity index (χ3v) is 4.40. The zero-order valence-electron chi connectivity index (χ0n) is 13.5. The van der Waals surface area contributed by atoms with Crippen molar-refractivity contribution < 1.29 is 33.3 Å². The summed E-state index contributed by atoms with van der Waals surface area (Å²) < 4.78 is 20.3. The molecule has 0 radical (unpaired) electrons. The fraction of sp³-hybridized carbons (Fsp3) is 0.562. The SMILES string of the molecule is COC(=O)C1=C[C@H]2C(=O)C(OC)(OC)[C@@H]1C[C@H]2/C=C/OC(C)=O. The summed E-state index contributed by atoms with van der Waals surface area (Å²) in [6.45, 7) is 1.29. The lowest BCUT2D eigenvalue weighted by Gasteiger charge is -2.49. The number of ether oxygens (including phenoxy) is 4. The van der Waals surface area contributed by atoms with Crippen molar-refractivity contribution in [3.8, 4) is 0 Å². The van der Waals surface area contributed by atoms with Crippen LogP contribution in [0.3, 0.4) is 0 Å². The summed E-state index contributed by atoms with van der Waals surface area (Å²) in [5.74, 6) is -4.11. The Morgan fingerprint density at radius 2 is 1.91 bits per heavy atom. The molecule has 23 heavy (non-hydrogen) atoms. The molecule has 0 amide bonds. The van der Waals surface area contributed by atoms with E-state index in [1.54, 1.807) is 12.2 Å². The fourth-order valence-corrected chi connectivity index (χ4v) is 3.34. The predicted octanol–water partition coefficient (Wildman–Crippen LogP) is 0.987. The molecule has 0 aliphatic heterocycles. The molecule has 126 valence electrons. The van der Waals surface area contributed by atoms with E-state index in [-0.39, 0.29) is 11.7 Å². The number of carbonyl (C=O) groups is 3. The standard InChI is InChI=1S/C16H20O7/c1-9(17)23-6-5-10-7-13-12(15(19)20-2)8-11(10)14(18)16(13,21-3)22-4/h5-6,8,10-11,13H,7H2,1-4H3/b6-5+/t10-,11-,13-/m1/s1. The van der Waals surface area contributed by atoms with Gasteiger partial charge in [-0.1, -0.05) is 6.08 Å². The number of esters is 2. The van der Waals surface area contributed by atoms with Gasteiger partial charge in [0.15, 0.2) is 5.78 Å². The van der Waals surface area contributed by atoms with Gasteiger partial charge < -0.3 is 18.9 Å². The van der Waals surface area contributed by atoms with E-state index in [1.165, 1.54) is 34.5 Å². The number of fused-ring (bicyclic) bond motifs is 2. The van der Waals surface area contributed by atoms with Crippen LogP contribution in [0.2, 0.25) is 0 Å². The zero-order chi connectivity index (χ0) is 17.2. The molecule has 3 atom stereocenters. The molecule has 0 spiro atoms. The Balaban J connectivity index is 2.38. The van der Waals surface area contributed by atoms with Gasteiger partial charge in [0.2, 0.25) is 5.79 Å². The fourth-order valence-electron chi connectivity index (χ4n) is 3.34. The Hall–Kier alpha value is -1.99. The van der Waals surface area contributed by atoms with Crippen LogP contribution in [0.1, 0.15) is 13.3 Å². The van der Waals surface area contributed by atoms with E-state index in [1.807, 2.05) is 0 Å². The summed E-state index contributed by atoms with van der Waals surface area (Å²) in [5, 5.41) is 0. The lowest BCUT2D eigenvalue weighted by molar-refractivity contribution is -0.241. The third kappa shape index (κ3) is 2.82. The first-order chi connectivity index (χ1) is 10.9. The van der Waals surface area contributed by atoms with Gasteiger partial charge in [-0.05, 0) is 18.4 Å². The Morgan fingerprint density at radius 3 is 2.43 bits per heavy atom. The molecule has 3 rings (SSSR count). The van der Waals surface area contributed by atoms with Gasteiger partial charge in [-0.3, -0.25) is 9.59 Å². The average Bonchev–Trinajstić information content (AvgIpc) is 2.55. The summed E-state index contributed by atoms with van der Waals surface area (Å²) in [6.07, 6.45) is 4.96. The molecule has 7 nitrogen and oxygen atoms in total. The molecule has 2 bridgehead atoms. The van der Waals surface area contributed by atoms with Gasteiger partial charge in [0.25, 0.3) is 0 Å². The van der Waals surface area contributed by atoms with Crippen LogP contribution in [0.5, 0.6) is 0 Å². The first-order valence-corrected chi connectivity index (χ1v) is 7.19. The molecule has 0 aromatic heterocycles.